The summed E-state index contributed by atoms with van der Waals surface area (Å²) in [6, 6.07) is 0. The summed E-state index contributed by atoms with van der Waals surface area (Å²) < 4.78 is 21.5. The molecule has 76 valence electrons. The van der Waals surface area contributed by atoms with Crippen molar-refractivity contribution < 1.29 is 23.1 Å². The largest absolute Gasteiger partial charge is 0.480 e. The molecule has 0 aromatic rings. The normalized spacial score (nSPS) is 11.5. The Kier molecular flexibility index (Phi) is 3.78. The lowest BCUT2D eigenvalue weighted by Gasteiger charge is -2.14. The van der Waals surface area contributed by atoms with Gasteiger partial charge in [0, 0.05) is 0 Å². The predicted octanol–water partition coefficient (Wildman–Crippen LogP) is -2.94. The van der Waals surface area contributed by atoms with Crippen LogP contribution in [0.25, 0.3) is 0 Å². The number of amides is 1. The standard InChI is InChI=1S/C4H9N3O5S/c5-3(8)1-7(2-4(9)10)13(6,11)12/h1-2H2,(H2,5,8)(H,9,10)(H2,6,11,12). The zero-order valence-corrected chi connectivity index (χ0v) is 7.32. The molecule has 0 radical (unpaired) electrons. The van der Waals surface area contributed by atoms with Gasteiger partial charge in [-0.1, -0.05) is 0 Å². The lowest BCUT2D eigenvalue weighted by atomic mass is 10.5. The van der Waals surface area contributed by atoms with Crippen LogP contribution in [0.15, 0.2) is 0 Å². The van der Waals surface area contributed by atoms with Crippen molar-refractivity contribution in [3.63, 3.8) is 0 Å². The Morgan fingerprint density at radius 3 is 2.00 bits per heavy atom. The molecule has 0 aromatic heterocycles. The van der Waals surface area contributed by atoms with Crippen LogP contribution in [-0.4, -0.2) is 42.8 Å². The van der Waals surface area contributed by atoms with E-state index in [0.29, 0.717) is 0 Å². The fraction of sp³-hybridized carbons (Fsp3) is 0.500. The van der Waals surface area contributed by atoms with Crippen molar-refractivity contribution in [1.29, 1.82) is 0 Å². The van der Waals surface area contributed by atoms with E-state index < -0.39 is 35.2 Å². The summed E-state index contributed by atoms with van der Waals surface area (Å²) in [7, 11) is -4.20. The maximum absolute atomic E-state index is 10.6. The maximum Gasteiger partial charge on any atom is 0.318 e. The van der Waals surface area contributed by atoms with Gasteiger partial charge in [0.25, 0.3) is 10.2 Å². The highest BCUT2D eigenvalue weighted by atomic mass is 32.2. The number of hydrogen-bond donors (Lipinski definition) is 3. The first kappa shape index (κ1) is 11.8. The average Bonchev–Trinajstić information content (AvgIpc) is 1.81. The van der Waals surface area contributed by atoms with Crippen molar-refractivity contribution in [3.05, 3.63) is 0 Å². The Morgan fingerprint density at radius 1 is 1.31 bits per heavy atom. The van der Waals surface area contributed by atoms with Crippen LogP contribution in [-0.2, 0) is 19.8 Å². The SMILES string of the molecule is NC(=O)CN(CC(=O)O)S(N)(=O)=O. The number of carboxylic acids is 1. The molecular weight excluding hydrogens is 202 g/mol. The van der Waals surface area contributed by atoms with Gasteiger partial charge in [-0.15, -0.1) is 0 Å². The lowest BCUT2D eigenvalue weighted by Crippen LogP contribution is -2.44. The Labute approximate surface area is 74.3 Å². The Morgan fingerprint density at radius 2 is 1.77 bits per heavy atom. The third-order valence-electron chi connectivity index (χ3n) is 1.00. The molecule has 1 amide bonds. The fourth-order valence-electron chi connectivity index (χ4n) is 0.561. The van der Waals surface area contributed by atoms with Gasteiger partial charge in [0.1, 0.15) is 6.54 Å². The molecule has 13 heavy (non-hydrogen) atoms. The summed E-state index contributed by atoms with van der Waals surface area (Å²) in [6.45, 7) is -1.63. The van der Waals surface area contributed by atoms with E-state index in [-0.39, 0.29) is 4.31 Å². The van der Waals surface area contributed by atoms with Gasteiger partial charge in [0.05, 0.1) is 6.54 Å². The van der Waals surface area contributed by atoms with Crippen molar-refractivity contribution in [1.82, 2.24) is 4.31 Å². The molecule has 0 unspecified atom stereocenters. The van der Waals surface area contributed by atoms with E-state index in [2.05, 4.69) is 10.9 Å². The van der Waals surface area contributed by atoms with Gasteiger partial charge in [0.15, 0.2) is 0 Å². The summed E-state index contributed by atoms with van der Waals surface area (Å²) >= 11 is 0. The van der Waals surface area contributed by atoms with E-state index in [0.717, 1.165) is 0 Å². The maximum atomic E-state index is 10.6. The highest BCUT2D eigenvalue weighted by molar-refractivity contribution is 7.86. The topological polar surface area (TPSA) is 144 Å². The van der Waals surface area contributed by atoms with Gasteiger partial charge in [-0.25, -0.2) is 5.14 Å². The molecule has 0 rings (SSSR count). The molecular formula is C4H9N3O5S. The molecule has 0 aliphatic heterocycles. The molecule has 0 bridgehead atoms. The van der Waals surface area contributed by atoms with Gasteiger partial charge < -0.3 is 10.8 Å². The number of aliphatic carboxylic acids is 1. The smallest absolute Gasteiger partial charge is 0.318 e. The van der Waals surface area contributed by atoms with E-state index in [1.165, 1.54) is 0 Å². The molecule has 0 spiro atoms. The molecule has 8 nitrogen and oxygen atoms in total. The summed E-state index contributed by atoms with van der Waals surface area (Å²) in [5, 5.41) is 12.8. The van der Waals surface area contributed by atoms with Gasteiger partial charge in [-0.2, -0.15) is 12.7 Å². The number of rotatable bonds is 5. The van der Waals surface area contributed by atoms with E-state index in [9.17, 15) is 18.0 Å². The average molecular weight is 211 g/mol. The van der Waals surface area contributed by atoms with Crippen LogP contribution >= 0.6 is 0 Å². The summed E-state index contributed by atoms with van der Waals surface area (Å²) in [6.07, 6.45) is 0. The minimum absolute atomic E-state index is 0.262. The third-order valence-corrected chi connectivity index (χ3v) is 1.98. The quantitative estimate of drug-likeness (QED) is 0.445. The van der Waals surface area contributed by atoms with Crippen molar-refractivity contribution in [3.8, 4) is 0 Å². The van der Waals surface area contributed by atoms with Crippen LogP contribution in [0.5, 0.6) is 0 Å². The second-order valence-electron chi connectivity index (χ2n) is 2.17. The fourth-order valence-corrected chi connectivity index (χ4v) is 1.16. The highest BCUT2D eigenvalue weighted by Gasteiger charge is 2.21. The lowest BCUT2D eigenvalue weighted by molar-refractivity contribution is -0.137. The van der Waals surface area contributed by atoms with Crippen molar-refractivity contribution in [2.45, 2.75) is 0 Å². The summed E-state index contributed by atoms with van der Waals surface area (Å²) in [5.74, 6) is -2.40. The van der Waals surface area contributed by atoms with Crippen molar-refractivity contribution in [2.24, 2.45) is 10.9 Å². The van der Waals surface area contributed by atoms with E-state index in [1.807, 2.05) is 0 Å². The first-order valence-electron chi connectivity index (χ1n) is 3.01. The van der Waals surface area contributed by atoms with E-state index in [1.54, 1.807) is 0 Å². The second kappa shape index (κ2) is 4.16. The van der Waals surface area contributed by atoms with Crippen molar-refractivity contribution in [2.75, 3.05) is 13.1 Å². The first-order chi connectivity index (χ1) is 5.73. The molecule has 0 heterocycles. The Hall–Kier alpha value is -1.19. The summed E-state index contributed by atoms with van der Waals surface area (Å²) in [4.78, 5) is 20.4. The number of carbonyl (C=O) groups excluding carboxylic acids is 1. The number of primary amides is 1. The second-order valence-corrected chi connectivity index (χ2v) is 3.72. The summed E-state index contributed by atoms with van der Waals surface area (Å²) in [5.41, 5.74) is 4.67. The molecule has 0 fully saturated rings. The molecule has 0 saturated heterocycles. The molecule has 0 aliphatic rings. The van der Waals surface area contributed by atoms with Crippen LogP contribution in [0, 0.1) is 0 Å². The zero-order valence-electron chi connectivity index (χ0n) is 6.50. The molecule has 0 atom stereocenters. The number of hydrogen-bond acceptors (Lipinski definition) is 4. The number of nitrogens with zero attached hydrogens (tertiary/aromatic N) is 1. The van der Waals surface area contributed by atoms with Crippen LogP contribution in [0.2, 0.25) is 0 Å². The van der Waals surface area contributed by atoms with Gasteiger partial charge >= 0.3 is 5.97 Å². The van der Waals surface area contributed by atoms with Gasteiger partial charge in [0.2, 0.25) is 5.91 Å². The molecule has 9 heteroatoms. The molecule has 5 N–H and O–H groups in total. The zero-order chi connectivity index (χ0) is 10.6. The minimum atomic E-state index is -4.20. The van der Waals surface area contributed by atoms with Crippen LogP contribution in [0.1, 0.15) is 0 Å². The highest BCUT2D eigenvalue weighted by Crippen LogP contribution is 1.92. The Balaban J connectivity index is 4.57. The van der Waals surface area contributed by atoms with Crippen molar-refractivity contribution >= 4 is 22.1 Å². The van der Waals surface area contributed by atoms with Crippen LogP contribution in [0.3, 0.4) is 0 Å². The number of carboxylic acid groups (broad SMARTS) is 1. The third kappa shape index (κ3) is 5.11. The number of nitrogens with two attached hydrogens (primary N) is 2. The molecule has 0 aliphatic carbocycles. The predicted molar refractivity (Wildman–Crippen MR) is 41.5 cm³/mol. The minimum Gasteiger partial charge on any atom is -0.480 e. The van der Waals surface area contributed by atoms with E-state index in [4.69, 9.17) is 5.11 Å². The van der Waals surface area contributed by atoms with Crippen LogP contribution < -0.4 is 10.9 Å². The monoisotopic (exact) mass is 211 g/mol. The van der Waals surface area contributed by atoms with Gasteiger partial charge in [-0.3, -0.25) is 9.59 Å². The van der Waals surface area contributed by atoms with Gasteiger partial charge in [-0.05, 0) is 0 Å². The Bertz CT molecular complexity index is 294. The molecule has 0 aromatic carbocycles. The van der Waals surface area contributed by atoms with Crippen LogP contribution in [0.4, 0.5) is 0 Å². The van der Waals surface area contributed by atoms with E-state index >= 15 is 0 Å². The first-order valence-corrected chi connectivity index (χ1v) is 4.51. The molecule has 0 saturated carbocycles. The number of carbonyl (C=O) groups is 2.